The highest BCUT2D eigenvalue weighted by Gasteiger charge is 2.14. The van der Waals surface area contributed by atoms with Crippen molar-refractivity contribution in [2.75, 3.05) is 11.4 Å². The first-order chi connectivity index (χ1) is 10.1. The van der Waals surface area contributed by atoms with Crippen molar-refractivity contribution in [3.05, 3.63) is 52.9 Å². The topological polar surface area (TPSA) is 70.8 Å². The van der Waals surface area contributed by atoms with Gasteiger partial charge in [0.05, 0.1) is 5.39 Å². The normalized spacial score (nSPS) is 10.9. The largest absolute Gasteiger partial charge is 0.465 e. The summed E-state index contributed by atoms with van der Waals surface area (Å²) in [6.07, 6.45) is -1.02. The van der Waals surface area contributed by atoms with E-state index in [0.717, 1.165) is 10.8 Å². The molecule has 106 valence electrons. The van der Waals surface area contributed by atoms with Crippen LogP contribution in [0.5, 0.6) is 0 Å². The number of benzene rings is 2. The van der Waals surface area contributed by atoms with Crippen LogP contribution in [-0.2, 0) is 0 Å². The van der Waals surface area contributed by atoms with Gasteiger partial charge < -0.3 is 9.52 Å². The molecule has 0 aliphatic rings. The first-order valence-corrected chi connectivity index (χ1v) is 6.58. The van der Waals surface area contributed by atoms with E-state index in [1.807, 2.05) is 12.1 Å². The second-order valence-corrected chi connectivity index (χ2v) is 4.64. The van der Waals surface area contributed by atoms with E-state index in [1.165, 1.54) is 4.90 Å². The van der Waals surface area contributed by atoms with E-state index in [4.69, 9.17) is 4.42 Å². The van der Waals surface area contributed by atoms with E-state index in [0.29, 0.717) is 23.2 Å². The smallest absolute Gasteiger partial charge is 0.411 e. The van der Waals surface area contributed by atoms with Crippen LogP contribution in [0.25, 0.3) is 21.7 Å². The van der Waals surface area contributed by atoms with Crippen LogP contribution in [0.2, 0.25) is 0 Å². The number of rotatable bonds is 2. The molecule has 0 saturated carbocycles. The predicted octanol–water partition coefficient (Wildman–Crippen LogP) is 3.45. The van der Waals surface area contributed by atoms with Gasteiger partial charge in [-0.2, -0.15) is 0 Å². The van der Waals surface area contributed by atoms with Crippen molar-refractivity contribution in [3.8, 4) is 0 Å². The van der Waals surface area contributed by atoms with Gasteiger partial charge in [0, 0.05) is 17.6 Å². The van der Waals surface area contributed by atoms with Gasteiger partial charge in [-0.25, -0.2) is 9.59 Å². The van der Waals surface area contributed by atoms with Gasteiger partial charge in [-0.15, -0.1) is 0 Å². The summed E-state index contributed by atoms with van der Waals surface area (Å²) in [6.45, 7) is 2.11. The fourth-order valence-corrected chi connectivity index (χ4v) is 2.46. The van der Waals surface area contributed by atoms with Gasteiger partial charge in [0.2, 0.25) is 0 Å². The van der Waals surface area contributed by atoms with E-state index in [1.54, 1.807) is 37.3 Å². The quantitative estimate of drug-likeness (QED) is 0.577. The van der Waals surface area contributed by atoms with Gasteiger partial charge in [-0.1, -0.05) is 18.2 Å². The van der Waals surface area contributed by atoms with Crippen molar-refractivity contribution in [2.24, 2.45) is 0 Å². The molecule has 0 radical (unpaired) electrons. The molecule has 0 unspecified atom stereocenters. The Morgan fingerprint density at radius 3 is 2.52 bits per heavy atom. The molecule has 0 bridgehead atoms. The summed E-state index contributed by atoms with van der Waals surface area (Å²) in [6, 6.07) is 12.1. The molecular formula is C16H13NO4. The minimum Gasteiger partial charge on any atom is -0.465 e. The minimum absolute atomic E-state index is 0.343. The van der Waals surface area contributed by atoms with E-state index in [2.05, 4.69) is 0 Å². The number of anilines is 1. The molecule has 5 nitrogen and oxygen atoms in total. The predicted molar refractivity (Wildman–Crippen MR) is 81.0 cm³/mol. The molecule has 1 N–H and O–H groups in total. The van der Waals surface area contributed by atoms with Gasteiger partial charge in [-0.05, 0) is 36.6 Å². The maximum absolute atomic E-state index is 11.9. The van der Waals surface area contributed by atoms with E-state index >= 15 is 0 Å². The third-order valence-corrected chi connectivity index (χ3v) is 3.46. The molecular weight excluding hydrogens is 270 g/mol. The van der Waals surface area contributed by atoms with Crippen LogP contribution < -0.4 is 10.5 Å². The minimum atomic E-state index is -1.02. The molecule has 5 heteroatoms. The lowest BCUT2D eigenvalue weighted by molar-refractivity contribution is 0.202. The number of fused-ring (bicyclic) bond motifs is 3. The third-order valence-electron chi connectivity index (χ3n) is 3.46. The van der Waals surface area contributed by atoms with Gasteiger partial charge in [0.15, 0.2) is 0 Å². The molecule has 1 amide bonds. The van der Waals surface area contributed by atoms with Gasteiger partial charge in [0.1, 0.15) is 5.58 Å². The zero-order valence-electron chi connectivity index (χ0n) is 11.4. The van der Waals surface area contributed by atoms with E-state index in [-0.39, 0.29) is 0 Å². The van der Waals surface area contributed by atoms with Crippen molar-refractivity contribution >= 4 is 33.5 Å². The summed E-state index contributed by atoms with van der Waals surface area (Å²) in [4.78, 5) is 24.4. The molecule has 0 aliphatic carbocycles. The molecule has 1 aromatic heterocycles. The number of carboxylic acid groups (broad SMARTS) is 1. The van der Waals surface area contributed by atoms with Crippen LogP contribution in [-0.4, -0.2) is 17.7 Å². The van der Waals surface area contributed by atoms with Crippen molar-refractivity contribution < 1.29 is 14.3 Å². The molecule has 0 aliphatic heterocycles. The molecule has 2 aromatic carbocycles. The Morgan fingerprint density at radius 2 is 1.86 bits per heavy atom. The molecule has 1 heterocycles. The average molecular weight is 283 g/mol. The van der Waals surface area contributed by atoms with Gasteiger partial charge in [0.25, 0.3) is 0 Å². The van der Waals surface area contributed by atoms with Crippen LogP contribution in [0, 0.1) is 0 Å². The van der Waals surface area contributed by atoms with E-state index in [9.17, 15) is 14.7 Å². The van der Waals surface area contributed by atoms with Gasteiger partial charge in [-0.3, -0.25) is 4.90 Å². The van der Waals surface area contributed by atoms with Crippen molar-refractivity contribution in [2.45, 2.75) is 6.92 Å². The Bertz CT molecular complexity index is 898. The Kier molecular flexibility index (Phi) is 3.10. The number of hydrogen-bond acceptors (Lipinski definition) is 3. The standard InChI is InChI=1S/C16H13NO4/c1-2-17(16(19)20)10-7-8-14-13(9-10)11-5-3-4-6-12(11)15(18)21-14/h3-9H,2H2,1H3,(H,19,20). The number of carbonyl (C=O) groups is 1. The van der Waals surface area contributed by atoms with Crippen LogP contribution >= 0.6 is 0 Å². The molecule has 0 fully saturated rings. The zero-order valence-corrected chi connectivity index (χ0v) is 11.4. The Morgan fingerprint density at radius 1 is 1.14 bits per heavy atom. The van der Waals surface area contributed by atoms with Crippen molar-refractivity contribution in [1.29, 1.82) is 0 Å². The highest BCUT2D eigenvalue weighted by Crippen LogP contribution is 2.27. The summed E-state index contributed by atoms with van der Waals surface area (Å²) >= 11 is 0. The Labute approximate surface area is 120 Å². The van der Waals surface area contributed by atoms with Crippen molar-refractivity contribution in [3.63, 3.8) is 0 Å². The average Bonchev–Trinajstić information content (AvgIpc) is 2.48. The van der Waals surface area contributed by atoms with Crippen LogP contribution in [0.1, 0.15) is 6.92 Å². The monoisotopic (exact) mass is 283 g/mol. The second-order valence-electron chi connectivity index (χ2n) is 4.64. The fourth-order valence-electron chi connectivity index (χ4n) is 2.46. The summed E-state index contributed by atoms with van der Waals surface area (Å²) in [5, 5.41) is 11.2. The maximum atomic E-state index is 11.9. The summed E-state index contributed by atoms with van der Waals surface area (Å²) in [7, 11) is 0. The maximum Gasteiger partial charge on any atom is 0.411 e. The van der Waals surface area contributed by atoms with Gasteiger partial charge >= 0.3 is 11.7 Å². The molecule has 0 spiro atoms. The first-order valence-electron chi connectivity index (χ1n) is 6.58. The molecule has 3 aromatic rings. The number of hydrogen-bond donors (Lipinski definition) is 1. The van der Waals surface area contributed by atoms with Crippen molar-refractivity contribution in [1.82, 2.24) is 0 Å². The van der Waals surface area contributed by atoms with E-state index < -0.39 is 11.7 Å². The summed E-state index contributed by atoms with van der Waals surface area (Å²) in [5.74, 6) is 0. The fraction of sp³-hybridized carbons (Fsp3) is 0.125. The summed E-state index contributed by atoms with van der Waals surface area (Å²) in [5.41, 5.74) is 0.608. The zero-order chi connectivity index (χ0) is 15.0. The Balaban J connectivity index is 2.35. The SMILES string of the molecule is CCN(C(=O)O)c1ccc2oc(=O)c3ccccc3c2c1. The third kappa shape index (κ3) is 2.12. The highest BCUT2D eigenvalue weighted by molar-refractivity contribution is 6.06. The Hall–Kier alpha value is -2.82. The molecule has 3 rings (SSSR count). The summed E-state index contributed by atoms with van der Waals surface area (Å²) < 4.78 is 5.28. The van der Waals surface area contributed by atoms with Crippen LogP contribution in [0.3, 0.4) is 0 Å². The lowest BCUT2D eigenvalue weighted by atomic mass is 10.1. The molecule has 0 saturated heterocycles. The lowest BCUT2D eigenvalue weighted by Crippen LogP contribution is -2.28. The number of nitrogens with zero attached hydrogens (tertiary/aromatic N) is 1. The second kappa shape index (κ2) is 4.94. The lowest BCUT2D eigenvalue weighted by Gasteiger charge is -2.17. The van der Waals surface area contributed by atoms with Crippen LogP contribution in [0.4, 0.5) is 10.5 Å². The number of amides is 1. The molecule has 21 heavy (non-hydrogen) atoms. The molecule has 0 atom stereocenters. The highest BCUT2D eigenvalue weighted by atomic mass is 16.4. The first kappa shape index (κ1) is 13.2. The van der Waals surface area contributed by atoms with Crippen LogP contribution in [0.15, 0.2) is 51.7 Å².